The molecular formula is C29H30F3N3O4. The maximum Gasteiger partial charge on any atom is 0.416 e. The first-order valence-electron chi connectivity index (χ1n) is 12.9. The molecule has 0 spiro atoms. The highest BCUT2D eigenvalue weighted by Gasteiger charge is 2.43. The van der Waals surface area contributed by atoms with Crippen molar-refractivity contribution in [3.63, 3.8) is 0 Å². The van der Waals surface area contributed by atoms with E-state index >= 15 is 0 Å². The van der Waals surface area contributed by atoms with Crippen LogP contribution in [0.15, 0.2) is 54.7 Å². The number of likely N-dealkylation sites (tertiary alicyclic amines) is 1. The lowest BCUT2D eigenvalue weighted by Gasteiger charge is -2.45. The molecule has 206 valence electrons. The van der Waals surface area contributed by atoms with Crippen LogP contribution in [0.25, 0.3) is 10.9 Å². The minimum Gasteiger partial charge on any atom is -0.385 e. The average molecular weight is 542 g/mol. The summed E-state index contributed by atoms with van der Waals surface area (Å²) in [6.45, 7) is 1.81. The van der Waals surface area contributed by atoms with Gasteiger partial charge in [-0.2, -0.15) is 13.2 Å². The van der Waals surface area contributed by atoms with Gasteiger partial charge in [0.25, 0.3) is 0 Å². The lowest BCUT2D eigenvalue weighted by Crippen LogP contribution is -2.51. The van der Waals surface area contributed by atoms with Gasteiger partial charge in [0.05, 0.1) is 29.2 Å². The molecule has 2 N–H and O–H groups in total. The number of imide groups is 1. The van der Waals surface area contributed by atoms with E-state index in [0.717, 1.165) is 34.2 Å². The second-order valence-corrected chi connectivity index (χ2v) is 10.4. The van der Waals surface area contributed by atoms with Crippen LogP contribution < -0.4 is 5.32 Å². The van der Waals surface area contributed by atoms with Crippen LogP contribution in [0.5, 0.6) is 0 Å². The first-order chi connectivity index (χ1) is 18.6. The molecule has 0 bridgehead atoms. The van der Waals surface area contributed by atoms with Crippen LogP contribution in [0.1, 0.15) is 47.4 Å². The third-order valence-electron chi connectivity index (χ3n) is 7.86. The number of alkyl halides is 3. The fourth-order valence-corrected chi connectivity index (χ4v) is 5.68. The standard InChI is InChI=1S/C29H30F3N3O4/c1-39-17-23-16-35(15-18-2-4-21(5-3-18)29(30,31)32)11-10-28(23,38)22-6-8-25-19(13-22)12-20(14-33-25)24-7-9-26(36)34-27(24)37/h2-6,8,12-14,23-24,38H,7,9-11,15-17H2,1H3,(H,34,36,37). The van der Waals surface area contributed by atoms with Crippen molar-refractivity contribution in [2.75, 3.05) is 26.8 Å². The van der Waals surface area contributed by atoms with Crippen LogP contribution in [0.4, 0.5) is 13.2 Å². The molecule has 10 heteroatoms. The molecule has 2 aromatic carbocycles. The fraction of sp³-hybridized carbons (Fsp3) is 0.414. The largest absolute Gasteiger partial charge is 0.416 e. The van der Waals surface area contributed by atoms with Gasteiger partial charge in [0.2, 0.25) is 11.8 Å². The summed E-state index contributed by atoms with van der Waals surface area (Å²) in [6.07, 6.45) is -1.61. The number of carbonyl (C=O) groups is 2. The average Bonchev–Trinajstić information content (AvgIpc) is 2.90. The molecule has 3 heterocycles. The Hall–Kier alpha value is -3.34. The second-order valence-electron chi connectivity index (χ2n) is 10.4. The molecular weight excluding hydrogens is 511 g/mol. The number of nitrogens with one attached hydrogen (secondary N) is 1. The predicted molar refractivity (Wildman–Crippen MR) is 137 cm³/mol. The van der Waals surface area contributed by atoms with Crippen molar-refractivity contribution in [3.8, 4) is 0 Å². The molecule has 0 saturated carbocycles. The van der Waals surface area contributed by atoms with Gasteiger partial charge in [-0.25, -0.2) is 0 Å². The molecule has 0 radical (unpaired) electrons. The number of fused-ring (bicyclic) bond motifs is 1. The highest BCUT2D eigenvalue weighted by molar-refractivity contribution is 6.01. The van der Waals surface area contributed by atoms with Gasteiger partial charge in [-0.1, -0.05) is 18.2 Å². The molecule has 3 aromatic rings. The summed E-state index contributed by atoms with van der Waals surface area (Å²) >= 11 is 0. The second kappa shape index (κ2) is 10.7. The number of ether oxygens (including phenoxy) is 1. The van der Waals surface area contributed by atoms with Crippen LogP contribution in [-0.4, -0.2) is 53.6 Å². The van der Waals surface area contributed by atoms with E-state index in [1.54, 1.807) is 13.3 Å². The number of methoxy groups -OCH3 is 1. The van der Waals surface area contributed by atoms with Crippen LogP contribution in [0, 0.1) is 5.92 Å². The summed E-state index contributed by atoms with van der Waals surface area (Å²) in [7, 11) is 1.58. The van der Waals surface area contributed by atoms with Gasteiger partial charge in [0.15, 0.2) is 0 Å². The van der Waals surface area contributed by atoms with E-state index in [-0.39, 0.29) is 24.2 Å². The Bertz CT molecular complexity index is 1380. The first kappa shape index (κ1) is 27.2. The minimum atomic E-state index is -4.37. The Morgan fingerprint density at radius 2 is 1.92 bits per heavy atom. The molecule has 5 rings (SSSR count). The molecule has 0 aliphatic carbocycles. The molecule has 2 amide bonds. The number of carbonyl (C=O) groups excluding carboxylic acids is 2. The SMILES string of the molecule is COCC1CN(Cc2ccc(C(F)(F)F)cc2)CCC1(O)c1ccc2ncc(C3CCC(=O)NC3=O)cc2c1. The summed E-state index contributed by atoms with van der Waals surface area (Å²) in [6, 6.07) is 12.6. The zero-order valence-electron chi connectivity index (χ0n) is 21.5. The molecule has 2 aliphatic heterocycles. The van der Waals surface area contributed by atoms with E-state index in [0.29, 0.717) is 44.6 Å². The Kier molecular flexibility index (Phi) is 7.45. The van der Waals surface area contributed by atoms with Gasteiger partial charge in [0, 0.05) is 50.7 Å². The van der Waals surface area contributed by atoms with Gasteiger partial charge in [-0.15, -0.1) is 0 Å². The number of aromatic nitrogens is 1. The van der Waals surface area contributed by atoms with Crippen molar-refractivity contribution in [1.29, 1.82) is 0 Å². The Balaban J connectivity index is 1.36. The van der Waals surface area contributed by atoms with Crippen molar-refractivity contribution in [1.82, 2.24) is 15.2 Å². The van der Waals surface area contributed by atoms with Crippen molar-refractivity contribution >= 4 is 22.7 Å². The van der Waals surface area contributed by atoms with Gasteiger partial charge in [-0.05, 0) is 59.9 Å². The molecule has 2 fully saturated rings. The number of piperidine rings is 2. The summed E-state index contributed by atoms with van der Waals surface area (Å²) in [5.74, 6) is -1.35. The number of pyridine rings is 1. The lowest BCUT2D eigenvalue weighted by molar-refractivity contribution is -0.138. The van der Waals surface area contributed by atoms with Gasteiger partial charge < -0.3 is 9.84 Å². The highest BCUT2D eigenvalue weighted by atomic mass is 19.4. The Morgan fingerprint density at radius 1 is 1.15 bits per heavy atom. The smallest absolute Gasteiger partial charge is 0.385 e. The number of halogens is 3. The van der Waals surface area contributed by atoms with E-state index in [1.165, 1.54) is 12.1 Å². The fourth-order valence-electron chi connectivity index (χ4n) is 5.68. The maximum absolute atomic E-state index is 12.9. The van der Waals surface area contributed by atoms with E-state index in [4.69, 9.17) is 4.74 Å². The monoisotopic (exact) mass is 541 g/mol. The van der Waals surface area contributed by atoms with Crippen molar-refractivity contribution in [2.45, 2.75) is 43.5 Å². The quantitative estimate of drug-likeness (QED) is 0.456. The number of benzene rings is 2. The summed E-state index contributed by atoms with van der Waals surface area (Å²) in [5.41, 5.74) is 1.06. The van der Waals surface area contributed by atoms with Crippen molar-refractivity contribution < 1.29 is 32.6 Å². The normalized spacial score (nSPS) is 24.6. The Labute approximate surface area is 224 Å². The van der Waals surface area contributed by atoms with Crippen LogP contribution in [-0.2, 0) is 32.6 Å². The molecule has 39 heavy (non-hydrogen) atoms. The van der Waals surface area contributed by atoms with Gasteiger partial charge in [0.1, 0.15) is 0 Å². The zero-order valence-corrected chi connectivity index (χ0v) is 21.5. The number of hydrogen-bond donors (Lipinski definition) is 2. The highest BCUT2D eigenvalue weighted by Crippen LogP contribution is 2.40. The summed E-state index contributed by atoms with van der Waals surface area (Å²) in [5, 5.41) is 15.1. The third-order valence-corrected chi connectivity index (χ3v) is 7.86. The lowest BCUT2D eigenvalue weighted by atomic mass is 9.75. The predicted octanol–water partition coefficient (Wildman–Crippen LogP) is 4.13. The van der Waals surface area contributed by atoms with Gasteiger partial charge >= 0.3 is 6.18 Å². The van der Waals surface area contributed by atoms with Gasteiger partial charge in [-0.3, -0.25) is 24.8 Å². The van der Waals surface area contributed by atoms with E-state index in [1.807, 2.05) is 24.3 Å². The van der Waals surface area contributed by atoms with E-state index in [2.05, 4.69) is 15.2 Å². The molecule has 1 aromatic heterocycles. The topological polar surface area (TPSA) is 91.8 Å². The number of rotatable bonds is 6. The number of aliphatic hydroxyl groups is 1. The van der Waals surface area contributed by atoms with E-state index < -0.39 is 23.3 Å². The first-order valence-corrected chi connectivity index (χ1v) is 12.9. The molecule has 2 saturated heterocycles. The number of nitrogens with zero attached hydrogens (tertiary/aromatic N) is 2. The summed E-state index contributed by atoms with van der Waals surface area (Å²) in [4.78, 5) is 30.5. The molecule has 2 aliphatic rings. The maximum atomic E-state index is 12.9. The number of hydrogen-bond acceptors (Lipinski definition) is 6. The minimum absolute atomic E-state index is 0.274. The number of amides is 2. The molecule has 7 nitrogen and oxygen atoms in total. The van der Waals surface area contributed by atoms with Crippen LogP contribution in [0.3, 0.4) is 0 Å². The van der Waals surface area contributed by atoms with Crippen LogP contribution >= 0.6 is 0 Å². The Morgan fingerprint density at radius 3 is 2.62 bits per heavy atom. The molecule has 3 unspecified atom stereocenters. The van der Waals surface area contributed by atoms with Crippen LogP contribution in [0.2, 0.25) is 0 Å². The third kappa shape index (κ3) is 5.68. The van der Waals surface area contributed by atoms with E-state index in [9.17, 15) is 27.9 Å². The molecule has 3 atom stereocenters. The van der Waals surface area contributed by atoms with Crippen molar-refractivity contribution in [3.05, 3.63) is 77.0 Å². The summed E-state index contributed by atoms with van der Waals surface area (Å²) < 4.78 is 44.2. The zero-order chi connectivity index (χ0) is 27.8. The van der Waals surface area contributed by atoms with Crippen molar-refractivity contribution in [2.24, 2.45) is 5.92 Å².